The van der Waals surface area contributed by atoms with E-state index in [9.17, 15) is 4.79 Å². The van der Waals surface area contributed by atoms with Crippen LogP contribution in [-0.4, -0.2) is 49.6 Å². The molecule has 16 heavy (non-hydrogen) atoms. The standard InChI is InChI=1S/C12H25N3O/c1-10(2)14-12(16)9-13-11-5-4-7-15(3)8-6-11/h10-11,13H,4-9H2,1-3H3,(H,14,16). The molecule has 4 nitrogen and oxygen atoms in total. The number of hydrogen-bond donors (Lipinski definition) is 2. The summed E-state index contributed by atoms with van der Waals surface area (Å²) in [5.41, 5.74) is 0. The van der Waals surface area contributed by atoms with Gasteiger partial charge in [0.05, 0.1) is 6.54 Å². The fourth-order valence-corrected chi connectivity index (χ4v) is 2.05. The predicted molar refractivity (Wildman–Crippen MR) is 66.4 cm³/mol. The first-order valence-corrected chi connectivity index (χ1v) is 6.29. The van der Waals surface area contributed by atoms with Crippen molar-refractivity contribution in [1.29, 1.82) is 0 Å². The van der Waals surface area contributed by atoms with E-state index in [-0.39, 0.29) is 11.9 Å². The van der Waals surface area contributed by atoms with Crippen molar-refractivity contribution < 1.29 is 4.79 Å². The number of carbonyl (C=O) groups is 1. The van der Waals surface area contributed by atoms with Crippen LogP contribution in [0.1, 0.15) is 33.1 Å². The Hall–Kier alpha value is -0.610. The molecule has 0 aromatic carbocycles. The van der Waals surface area contributed by atoms with Gasteiger partial charge in [0.15, 0.2) is 0 Å². The van der Waals surface area contributed by atoms with E-state index in [2.05, 4.69) is 22.6 Å². The maximum absolute atomic E-state index is 11.5. The van der Waals surface area contributed by atoms with Crippen LogP contribution < -0.4 is 10.6 Å². The van der Waals surface area contributed by atoms with E-state index < -0.39 is 0 Å². The molecule has 0 spiro atoms. The van der Waals surface area contributed by atoms with Gasteiger partial charge in [-0.3, -0.25) is 4.79 Å². The van der Waals surface area contributed by atoms with E-state index in [0.29, 0.717) is 12.6 Å². The summed E-state index contributed by atoms with van der Waals surface area (Å²) >= 11 is 0. The van der Waals surface area contributed by atoms with Gasteiger partial charge in [-0.1, -0.05) is 0 Å². The molecule has 1 atom stereocenters. The lowest BCUT2D eigenvalue weighted by molar-refractivity contribution is -0.120. The number of nitrogens with zero attached hydrogens (tertiary/aromatic N) is 1. The van der Waals surface area contributed by atoms with Gasteiger partial charge in [-0.25, -0.2) is 0 Å². The molecule has 1 amide bonds. The second kappa shape index (κ2) is 6.86. The zero-order valence-corrected chi connectivity index (χ0v) is 10.8. The first kappa shape index (κ1) is 13.5. The van der Waals surface area contributed by atoms with Gasteiger partial charge < -0.3 is 15.5 Å². The van der Waals surface area contributed by atoms with Crippen molar-refractivity contribution in [3.63, 3.8) is 0 Å². The highest BCUT2D eigenvalue weighted by Crippen LogP contribution is 2.08. The number of likely N-dealkylation sites (tertiary alicyclic amines) is 1. The summed E-state index contributed by atoms with van der Waals surface area (Å²) in [4.78, 5) is 13.8. The Bertz CT molecular complexity index is 218. The quantitative estimate of drug-likeness (QED) is 0.738. The van der Waals surface area contributed by atoms with Crippen molar-refractivity contribution in [2.24, 2.45) is 0 Å². The first-order chi connectivity index (χ1) is 7.58. The van der Waals surface area contributed by atoms with Crippen LogP contribution in [0.4, 0.5) is 0 Å². The van der Waals surface area contributed by atoms with E-state index in [4.69, 9.17) is 0 Å². The van der Waals surface area contributed by atoms with Gasteiger partial charge in [0.25, 0.3) is 0 Å². The van der Waals surface area contributed by atoms with Crippen LogP contribution in [0.5, 0.6) is 0 Å². The SMILES string of the molecule is CC(C)NC(=O)CNC1CCCN(C)CC1. The Morgan fingerprint density at radius 2 is 2.12 bits per heavy atom. The molecule has 1 aliphatic heterocycles. The third-order valence-electron chi connectivity index (χ3n) is 2.95. The summed E-state index contributed by atoms with van der Waals surface area (Å²) in [5, 5.41) is 6.24. The van der Waals surface area contributed by atoms with Crippen molar-refractivity contribution in [1.82, 2.24) is 15.5 Å². The second-order valence-corrected chi connectivity index (χ2v) is 5.03. The molecule has 1 rings (SSSR count). The highest BCUT2D eigenvalue weighted by Gasteiger charge is 2.15. The zero-order valence-electron chi connectivity index (χ0n) is 10.8. The highest BCUT2D eigenvalue weighted by atomic mass is 16.1. The Morgan fingerprint density at radius 1 is 1.38 bits per heavy atom. The maximum Gasteiger partial charge on any atom is 0.234 e. The lowest BCUT2D eigenvalue weighted by Gasteiger charge is -2.17. The molecule has 0 aliphatic carbocycles. The molecule has 1 saturated heterocycles. The monoisotopic (exact) mass is 227 g/mol. The van der Waals surface area contributed by atoms with Crippen LogP contribution >= 0.6 is 0 Å². The summed E-state index contributed by atoms with van der Waals surface area (Å²) in [6.45, 7) is 6.73. The lowest BCUT2D eigenvalue weighted by atomic mass is 10.1. The molecule has 94 valence electrons. The molecule has 0 aromatic heterocycles. The normalized spacial score (nSPS) is 23.1. The van der Waals surface area contributed by atoms with Gasteiger partial charge >= 0.3 is 0 Å². The molecule has 1 heterocycles. The highest BCUT2D eigenvalue weighted by molar-refractivity contribution is 5.78. The Balaban J connectivity index is 2.19. The van der Waals surface area contributed by atoms with Gasteiger partial charge in [0, 0.05) is 12.1 Å². The first-order valence-electron chi connectivity index (χ1n) is 6.29. The smallest absolute Gasteiger partial charge is 0.234 e. The van der Waals surface area contributed by atoms with Crippen molar-refractivity contribution in [3.05, 3.63) is 0 Å². The van der Waals surface area contributed by atoms with Gasteiger partial charge in [-0.05, 0) is 53.2 Å². The molecule has 0 bridgehead atoms. The molecule has 0 aromatic rings. The van der Waals surface area contributed by atoms with Crippen LogP contribution in [-0.2, 0) is 4.79 Å². The second-order valence-electron chi connectivity index (χ2n) is 5.03. The van der Waals surface area contributed by atoms with Gasteiger partial charge in [0.2, 0.25) is 5.91 Å². The summed E-state index contributed by atoms with van der Waals surface area (Å²) in [6.07, 6.45) is 3.55. The van der Waals surface area contributed by atoms with E-state index in [1.165, 1.54) is 19.4 Å². The Morgan fingerprint density at radius 3 is 2.81 bits per heavy atom. The minimum absolute atomic E-state index is 0.104. The predicted octanol–water partition coefficient (Wildman–Crippen LogP) is 0.585. The van der Waals surface area contributed by atoms with Gasteiger partial charge in [-0.15, -0.1) is 0 Å². The third kappa shape index (κ3) is 5.47. The molecule has 1 fully saturated rings. The van der Waals surface area contributed by atoms with E-state index in [0.717, 1.165) is 13.0 Å². The summed E-state index contributed by atoms with van der Waals surface area (Å²) < 4.78 is 0. The van der Waals surface area contributed by atoms with Crippen LogP contribution in [0.15, 0.2) is 0 Å². The minimum atomic E-state index is 0.104. The molecule has 0 saturated carbocycles. The lowest BCUT2D eigenvalue weighted by Crippen LogP contribution is -2.41. The Kier molecular flexibility index (Phi) is 5.77. The van der Waals surface area contributed by atoms with Crippen LogP contribution in [0.3, 0.4) is 0 Å². The molecule has 0 radical (unpaired) electrons. The topological polar surface area (TPSA) is 44.4 Å². The summed E-state index contributed by atoms with van der Waals surface area (Å²) in [7, 11) is 2.16. The van der Waals surface area contributed by atoms with Crippen molar-refractivity contribution >= 4 is 5.91 Å². The minimum Gasteiger partial charge on any atom is -0.353 e. The summed E-state index contributed by atoms with van der Waals surface area (Å²) in [5.74, 6) is 0.104. The number of amides is 1. The summed E-state index contributed by atoms with van der Waals surface area (Å²) in [6, 6.07) is 0.734. The number of hydrogen-bond acceptors (Lipinski definition) is 3. The number of rotatable bonds is 4. The average Bonchev–Trinajstić information content (AvgIpc) is 2.39. The van der Waals surface area contributed by atoms with Crippen LogP contribution in [0, 0.1) is 0 Å². The number of carbonyl (C=O) groups excluding carboxylic acids is 1. The fraction of sp³-hybridized carbons (Fsp3) is 0.917. The third-order valence-corrected chi connectivity index (χ3v) is 2.95. The molecule has 4 heteroatoms. The fourth-order valence-electron chi connectivity index (χ4n) is 2.05. The Labute approximate surface area is 98.8 Å². The van der Waals surface area contributed by atoms with E-state index >= 15 is 0 Å². The van der Waals surface area contributed by atoms with Crippen LogP contribution in [0.2, 0.25) is 0 Å². The maximum atomic E-state index is 11.5. The molecular formula is C12H25N3O. The number of nitrogens with one attached hydrogen (secondary N) is 2. The van der Waals surface area contributed by atoms with Crippen molar-refractivity contribution in [2.75, 3.05) is 26.7 Å². The molecule has 1 unspecified atom stereocenters. The van der Waals surface area contributed by atoms with Crippen molar-refractivity contribution in [3.8, 4) is 0 Å². The van der Waals surface area contributed by atoms with E-state index in [1.807, 2.05) is 13.8 Å². The van der Waals surface area contributed by atoms with E-state index in [1.54, 1.807) is 0 Å². The van der Waals surface area contributed by atoms with Gasteiger partial charge in [-0.2, -0.15) is 0 Å². The largest absolute Gasteiger partial charge is 0.353 e. The van der Waals surface area contributed by atoms with Crippen molar-refractivity contribution in [2.45, 2.75) is 45.2 Å². The zero-order chi connectivity index (χ0) is 12.0. The van der Waals surface area contributed by atoms with Crippen LogP contribution in [0.25, 0.3) is 0 Å². The molecule has 2 N–H and O–H groups in total. The molecule has 1 aliphatic rings. The van der Waals surface area contributed by atoms with Gasteiger partial charge in [0.1, 0.15) is 0 Å². The average molecular weight is 227 g/mol. The molecular weight excluding hydrogens is 202 g/mol.